The number of ether oxygens (including phenoxy) is 1. The van der Waals surface area contributed by atoms with Crippen molar-refractivity contribution in [3.8, 4) is 5.75 Å². The molecule has 0 unspecified atom stereocenters. The molecule has 0 saturated carbocycles. The van der Waals surface area contributed by atoms with Crippen LogP contribution in [0.4, 0.5) is 0 Å². The molecule has 2 aromatic rings. The Balaban J connectivity index is 2.04. The Morgan fingerprint density at radius 2 is 1.68 bits per heavy atom. The molecule has 0 aromatic heterocycles. The van der Waals surface area contributed by atoms with E-state index in [1.807, 2.05) is 0 Å². The van der Waals surface area contributed by atoms with Crippen LogP contribution in [0.2, 0.25) is 10.0 Å². The van der Waals surface area contributed by atoms with Crippen molar-refractivity contribution in [1.29, 1.82) is 0 Å². The molecule has 2 N–H and O–H groups in total. The van der Waals surface area contributed by atoms with Gasteiger partial charge < -0.3 is 14.8 Å². The van der Waals surface area contributed by atoms with Crippen LogP contribution in [-0.4, -0.2) is 17.2 Å². The molecule has 0 heterocycles. The van der Waals surface area contributed by atoms with Gasteiger partial charge in [-0.05, 0) is 35.8 Å². The molecular weight excluding hydrogens is 286 g/mol. The molecule has 0 aliphatic rings. The fourth-order valence-corrected chi connectivity index (χ4v) is 1.92. The molecule has 0 fully saturated rings. The van der Waals surface area contributed by atoms with Crippen molar-refractivity contribution in [2.45, 2.75) is 6.61 Å². The topological polar surface area (TPSA) is 49.7 Å². The van der Waals surface area contributed by atoms with E-state index in [1.165, 1.54) is 0 Å². The summed E-state index contributed by atoms with van der Waals surface area (Å²) in [5.41, 5.74) is 1.20. The number of halogens is 2. The van der Waals surface area contributed by atoms with Crippen LogP contribution in [0.25, 0.3) is 0 Å². The summed E-state index contributed by atoms with van der Waals surface area (Å²) < 4.78 is 5.56. The molecule has 0 radical (unpaired) electrons. The van der Waals surface area contributed by atoms with E-state index >= 15 is 0 Å². The normalized spacial score (nSPS) is 10.3. The van der Waals surface area contributed by atoms with E-state index in [1.54, 1.807) is 42.5 Å². The first-order valence-electron chi connectivity index (χ1n) is 5.59. The maximum absolute atomic E-state index is 8.97. The van der Waals surface area contributed by atoms with Gasteiger partial charge in [0.15, 0.2) is 0 Å². The van der Waals surface area contributed by atoms with Crippen molar-refractivity contribution in [1.82, 2.24) is 0 Å². The summed E-state index contributed by atoms with van der Waals surface area (Å²) in [6.07, 6.45) is 0. The molecular formula is C13H11BCl2O3. The minimum atomic E-state index is -1.48. The van der Waals surface area contributed by atoms with Gasteiger partial charge in [0, 0.05) is 15.6 Å². The Labute approximate surface area is 121 Å². The number of benzene rings is 2. The zero-order valence-corrected chi connectivity index (χ0v) is 11.4. The fraction of sp³-hybridized carbons (Fsp3) is 0.0769. The van der Waals surface area contributed by atoms with E-state index in [0.717, 1.165) is 5.56 Å². The molecule has 0 aliphatic heterocycles. The lowest BCUT2D eigenvalue weighted by molar-refractivity contribution is 0.306. The molecule has 6 heteroatoms. The molecule has 0 saturated heterocycles. The second-order valence-electron chi connectivity index (χ2n) is 3.97. The SMILES string of the molecule is OB(O)c1ccc(OCc2cc(Cl)ccc2Cl)cc1. The van der Waals surface area contributed by atoms with Crippen molar-refractivity contribution in [3.05, 3.63) is 58.1 Å². The Morgan fingerprint density at radius 3 is 2.32 bits per heavy atom. The van der Waals surface area contributed by atoms with Crippen LogP contribution in [0.15, 0.2) is 42.5 Å². The molecule has 98 valence electrons. The van der Waals surface area contributed by atoms with Gasteiger partial charge in [-0.1, -0.05) is 35.3 Å². The molecule has 19 heavy (non-hydrogen) atoms. The minimum Gasteiger partial charge on any atom is -0.489 e. The summed E-state index contributed by atoms with van der Waals surface area (Å²) in [5, 5.41) is 19.1. The predicted molar refractivity (Wildman–Crippen MR) is 77.1 cm³/mol. The van der Waals surface area contributed by atoms with Gasteiger partial charge in [0.05, 0.1) is 0 Å². The smallest absolute Gasteiger partial charge is 0.488 e. The first kappa shape index (κ1) is 14.2. The van der Waals surface area contributed by atoms with Gasteiger partial charge in [0.2, 0.25) is 0 Å². The average Bonchev–Trinajstić information content (AvgIpc) is 2.40. The highest BCUT2D eigenvalue weighted by Crippen LogP contribution is 2.22. The lowest BCUT2D eigenvalue weighted by Gasteiger charge is -2.09. The molecule has 0 atom stereocenters. The van der Waals surface area contributed by atoms with Gasteiger partial charge in [-0.25, -0.2) is 0 Å². The van der Waals surface area contributed by atoms with Gasteiger partial charge in [0.25, 0.3) is 0 Å². The second-order valence-corrected chi connectivity index (χ2v) is 4.81. The molecule has 0 bridgehead atoms. The molecule has 0 aliphatic carbocycles. The Bertz CT molecular complexity index is 558. The summed E-state index contributed by atoms with van der Waals surface area (Å²) in [6, 6.07) is 11.7. The zero-order chi connectivity index (χ0) is 13.8. The third kappa shape index (κ3) is 3.88. The zero-order valence-electron chi connectivity index (χ0n) is 9.88. The van der Waals surface area contributed by atoms with Crippen molar-refractivity contribution >= 4 is 35.8 Å². The highest BCUT2D eigenvalue weighted by molar-refractivity contribution is 6.58. The summed E-state index contributed by atoms with van der Waals surface area (Å²) in [7, 11) is -1.48. The second kappa shape index (κ2) is 6.30. The first-order chi connectivity index (χ1) is 9.06. The lowest BCUT2D eigenvalue weighted by atomic mass is 9.80. The van der Waals surface area contributed by atoms with Crippen molar-refractivity contribution in [2.24, 2.45) is 0 Å². The van der Waals surface area contributed by atoms with Crippen LogP contribution in [0.3, 0.4) is 0 Å². The fourth-order valence-electron chi connectivity index (χ4n) is 1.55. The van der Waals surface area contributed by atoms with Crippen LogP contribution in [0, 0.1) is 0 Å². The highest BCUT2D eigenvalue weighted by atomic mass is 35.5. The Morgan fingerprint density at radius 1 is 1.00 bits per heavy atom. The summed E-state index contributed by atoms with van der Waals surface area (Å²) in [4.78, 5) is 0. The van der Waals surface area contributed by atoms with Gasteiger partial charge in [-0.2, -0.15) is 0 Å². The van der Waals surface area contributed by atoms with Crippen LogP contribution >= 0.6 is 23.2 Å². The van der Waals surface area contributed by atoms with E-state index < -0.39 is 7.12 Å². The lowest BCUT2D eigenvalue weighted by Crippen LogP contribution is -2.29. The highest BCUT2D eigenvalue weighted by Gasteiger charge is 2.10. The third-order valence-electron chi connectivity index (χ3n) is 2.58. The van der Waals surface area contributed by atoms with E-state index in [9.17, 15) is 0 Å². The standard InChI is InChI=1S/C13H11BCl2O3/c15-11-3-6-13(16)9(7-11)8-19-12-4-1-10(2-5-12)14(17)18/h1-7,17-18H,8H2. The molecule has 2 aromatic carbocycles. The van der Waals surface area contributed by atoms with Crippen LogP contribution in [0.5, 0.6) is 5.75 Å². The largest absolute Gasteiger partial charge is 0.489 e. The molecule has 2 rings (SSSR count). The van der Waals surface area contributed by atoms with Crippen LogP contribution in [-0.2, 0) is 6.61 Å². The average molecular weight is 297 g/mol. The summed E-state index contributed by atoms with van der Waals surface area (Å²) >= 11 is 11.9. The monoisotopic (exact) mass is 296 g/mol. The molecule has 3 nitrogen and oxygen atoms in total. The van der Waals surface area contributed by atoms with Crippen molar-refractivity contribution < 1.29 is 14.8 Å². The summed E-state index contributed by atoms with van der Waals surface area (Å²) in [5.74, 6) is 0.612. The summed E-state index contributed by atoms with van der Waals surface area (Å²) in [6.45, 7) is 0.292. The van der Waals surface area contributed by atoms with Gasteiger partial charge in [-0.15, -0.1) is 0 Å². The van der Waals surface area contributed by atoms with Gasteiger partial charge in [0.1, 0.15) is 12.4 Å². The van der Waals surface area contributed by atoms with Crippen molar-refractivity contribution in [2.75, 3.05) is 0 Å². The van der Waals surface area contributed by atoms with E-state index in [0.29, 0.717) is 27.9 Å². The minimum absolute atomic E-state index is 0.292. The van der Waals surface area contributed by atoms with Crippen LogP contribution in [0.1, 0.15) is 5.56 Å². The first-order valence-corrected chi connectivity index (χ1v) is 6.34. The van der Waals surface area contributed by atoms with E-state index in [2.05, 4.69) is 0 Å². The molecule has 0 amide bonds. The Kier molecular flexibility index (Phi) is 4.72. The number of hydrogen-bond acceptors (Lipinski definition) is 3. The molecule has 0 spiro atoms. The number of hydrogen-bond donors (Lipinski definition) is 2. The Hall–Kier alpha value is -1.20. The van der Waals surface area contributed by atoms with Crippen LogP contribution < -0.4 is 10.2 Å². The van der Waals surface area contributed by atoms with E-state index in [4.69, 9.17) is 38.0 Å². The number of rotatable bonds is 4. The maximum atomic E-state index is 8.97. The third-order valence-corrected chi connectivity index (χ3v) is 3.18. The van der Waals surface area contributed by atoms with Gasteiger partial charge >= 0.3 is 7.12 Å². The quantitative estimate of drug-likeness (QED) is 0.851. The van der Waals surface area contributed by atoms with E-state index in [-0.39, 0.29) is 0 Å². The van der Waals surface area contributed by atoms with Gasteiger partial charge in [-0.3, -0.25) is 0 Å². The predicted octanol–water partition coefficient (Wildman–Crippen LogP) is 2.25. The maximum Gasteiger partial charge on any atom is 0.488 e. The van der Waals surface area contributed by atoms with Crippen molar-refractivity contribution in [3.63, 3.8) is 0 Å².